The van der Waals surface area contributed by atoms with Gasteiger partial charge in [-0.2, -0.15) is 0 Å². The topological polar surface area (TPSA) is 55.3 Å². The fraction of sp³-hybridized carbons (Fsp3) is 0.296. The maximum Gasteiger partial charge on any atom is 0.260 e. The molecule has 4 rings (SSSR count). The van der Waals surface area contributed by atoms with Gasteiger partial charge in [0.15, 0.2) is 5.13 Å². The van der Waals surface area contributed by atoms with Crippen molar-refractivity contribution < 1.29 is 9.53 Å². The van der Waals surface area contributed by atoms with E-state index in [0.29, 0.717) is 23.8 Å². The van der Waals surface area contributed by atoms with E-state index in [2.05, 4.69) is 31.0 Å². The number of hydrogen-bond acceptors (Lipinski definition) is 5. The number of anilines is 1. The van der Waals surface area contributed by atoms with Crippen LogP contribution in [0.5, 0.6) is 5.75 Å². The minimum atomic E-state index is -0.104. The smallest absolute Gasteiger partial charge is 0.260 e. The number of carbonyl (C=O) groups is 1. The summed E-state index contributed by atoms with van der Waals surface area (Å²) in [5.41, 5.74) is 3.70. The van der Waals surface area contributed by atoms with Gasteiger partial charge in [0, 0.05) is 18.0 Å². The van der Waals surface area contributed by atoms with Crippen LogP contribution in [0.25, 0.3) is 10.2 Å². The van der Waals surface area contributed by atoms with Crippen molar-refractivity contribution in [1.82, 2.24) is 9.97 Å². The zero-order valence-corrected chi connectivity index (χ0v) is 20.0. The summed E-state index contributed by atoms with van der Waals surface area (Å²) >= 11 is 1.54. The Morgan fingerprint density at radius 1 is 1.03 bits per heavy atom. The Hall–Kier alpha value is -3.25. The lowest BCUT2D eigenvalue weighted by Crippen LogP contribution is -2.30. The number of pyridine rings is 1. The van der Waals surface area contributed by atoms with Crippen molar-refractivity contribution >= 4 is 32.6 Å². The van der Waals surface area contributed by atoms with E-state index in [0.717, 1.165) is 47.2 Å². The van der Waals surface area contributed by atoms with Crippen LogP contribution in [0.2, 0.25) is 0 Å². The van der Waals surface area contributed by atoms with Crippen molar-refractivity contribution in [1.29, 1.82) is 0 Å². The molecule has 0 N–H and O–H groups in total. The third-order valence-corrected chi connectivity index (χ3v) is 6.53. The predicted molar refractivity (Wildman–Crippen MR) is 135 cm³/mol. The summed E-state index contributed by atoms with van der Waals surface area (Å²) in [6.45, 7) is 5.36. The van der Waals surface area contributed by atoms with Gasteiger partial charge in [0.25, 0.3) is 5.91 Å². The third-order valence-electron chi connectivity index (χ3n) is 5.49. The van der Waals surface area contributed by atoms with E-state index in [4.69, 9.17) is 9.72 Å². The Morgan fingerprint density at radius 3 is 2.73 bits per heavy atom. The molecule has 0 radical (unpaired) electrons. The quantitative estimate of drug-likeness (QED) is 0.249. The van der Waals surface area contributed by atoms with Gasteiger partial charge in [0.1, 0.15) is 5.75 Å². The number of hydrogen-bond donors (Lipinski definition) is 0. The zero-order chi connectivity index (χ0) is 23.0. The Morgan fingerprint density at radius 2 is 1.94 bits per heavy atom. The van der Waals surface area contributed by atoms with Crippen molar-refractivity contribution in [3.05, 3.63) is 83.7 Å². The van der Waals surface area contributed by atoms with Gasteiger partial charge in [-0.1, -0.05) is 56.2 Å². The Balaban J connectivity index is 1.64. The molecule has 0 atom stereocenters. The molecule has 0 aliphatic heterocycles. The summed E-state index contributed by atoms with van der Waals surface area (Å²) in [4.78, 5) is 24.4. The highest BCUT2D eigenvalue weighted by Crippen LogP contribution is 2.32. The highest BCUT2D eigenvalue weighted by molar-refractivity contribution is 7.22. The molecule has 1 amide bonds. The fourth-order valence-corrected chi connectivity index (χ4v) is 4.64. The molecule has 2 heterocycles. The highest BCUT2D eigenvalue weighted by atomic mass is 32.1. The molecule has 170 valence electrons. The molecule has 5 nitrogen and oxygen atoms in total. The summed E-state index contributed by atoms with van der Waals surface area (Å²) in [6.07, 6.45) is 7.77. The van der Waals surface area contributed by atoms with Crippen molar-refractivity contribution in [2.75, 3.05) is 11.5 Å². The fourth-order valence-electron chi connectivity index (χ4n) is 3.61. The molecule has 0 saturated heterocycles. The number of fused-ring (bicyclic) bond motifs is 1. The number of benzene rings is 2. The molecule has 0 aliphatic carbocycles. The van der Waals surface area contributed by atoms with Crippen LogP contribution in [0.15, 0.2) is 67.0 Å². The van der Waals surface area contributed by atoms with E-state index in [9.17, 15) is 4.79 Å². The van der Waals surface area contributed by atoms with Crippen LogP contribution in [-0.4, -0.2) is 22.5 Å². The number of nitrogens with zero attached hydrogens (tertiary/aromatic N) is 3. The predicted octanol–water partition coefficient (Wildman–Crippen LogP) is 6.67. The number of ether oxygens (including phenoxy) is 1. The first kappa shape index (κ1) is 22.9. The van der Waals surface area contributed by atoms with Crippen molar-refractivity contribution in [2.45, 2.75) is 46.1 Å². The van der Waals surface area contributed by atoms with Crippen molar-refractivity contribution in [2.24, 2.45) is 0 Å². The summed E-state index contributed by atoms with van der Waals surface area (Å²) in [6, 6.07) is 17.6. The average molecular weight is 460 g/mol. The second-order valence-corrected chi connectivity index (χ2v) is 9.00. The normalized spacial score (nSPS) is 11.0. The Labute approximate surface area is 199 Å². The molecule has 33 heavy (non-hydrogen) atoms. The van der Waals surface area contributed by atoms with E-state index in [1.807, 2.05) is 42.5 Å². The van der Waals surface area contributed by atoms with Crippen LogP contribution in [0.4, 0.5) is 5.13 Å². The van der Waals surface area contributed by atoms with Gasteiger partial charge in [0.2, 0.25) is 0 Å². The third kappa shape index (κ3) is 5.76. The Bertz CT molecular complexity index is 1210. The lowest BCUT2D eigenvalue weighted by molar-refractivity contribution is 0.0984. The van der Waals surface area contributed by atoms with Gasteiger partial charge in [-0.15, -0.1) is 0 Å². The molecular weight excluding hydrogens is 430 g/mol. The molecule has 0 aliphatic rings. The number of carbonyl (C=O) groups excluding carboxylic acids is 1. The van der Waals surface area contributed by atoms with Crippen LogP contribution in [0.3, 0.4) is 0 Å². The minimum absolute atomic E-state index is 0.104. The van der Waals surface area contributed by atoms with Gasteiger partial charge in [-0.3, -0.25) is 14.7 Å². The zero-order valence-electron chi connectivity index (χ0n) is 19.2. The molecule has 0 fully saturated rings. The first-order valence-electron chi connectivity index (χ1n) is 11.5. The summed E-state index contributed by atoms with van der Waals surface area (Å²) in [5.74, 6) is 0.614. The SMILES string of the molecule is CCCCCOc1cccc(C(=O)N(Cc2cccnc2)c2nc3ccc(CC)cc3s2)c1. The molecular formula is C27H29N3O2S. The number of rotatable bonds is 10. The molecule has 6 heteroatoms. The van der Waals surface area contributed by atoms with E-state index in [1.54, 1.807) is 28.6 Å². The van der Waals surface area contributed by atoms with Crippen LogP contribution in [-0.2, 0) is 13.0 Å². The number of aromatic nitrogens is 2. The van der Waals surface area contributed by atoms with Crippen molar-refractivity contribution in [3.8, 4) is 5.75 Å². The molecule has 2 aromatic heterocycles. The summed E-state index contributed by atoms with van der Waals surface area (Å²) < 4.78 is 6.97. The summed E-state index contributed by atoms with van der Waals surface area (Å²) in [7, 11) is 0. The van der Waals surface area contributed by atoms with E-state index < -0.39 is 0 Å². The molecule has 4 aromatic rings. The van der Waals surface area contributed by atoms with Crippen LogP contribution < -0.4 is 9.64 Å². The lowest BCUT2D eigenvalue weighted by Gasteiger charge is -2.20. The van der Waals surface area contributed by atoms with Crippen LogP contribution >= 0.6 is 11.3 Å². The first-order chi connectivity index (χ1) is 16.2. The second-order valence-electron chi connectivity index (χ2n) is 7.99. The molecule has 0 saturated carbocycles. The number of amides is 1. The summed E-state index contributed by atoms with van der Waals surface area (Å²) in [5, 5.41) is 0.682. The highest BCUT2D eigenvalue weighted by Gasteiger charge is 2.22. The molecule has 0 bridgehead atoms. The van der Waals surface area contributed by atoms with Crippen LogP contribution in [0.1, 0.15) is 54.6 Å². The Kier molecular flexibility index (Phi) is 7.68. The molecule has 0 spiro atoms. The lowest BCUT2D eigenvalue weighted by atomic mass is 10.1. The second kappa shape index (κ2) is 11.1. The molecule has 2 aromatic carbocycles. The number of thiazole rings is 1. The van der Waals surface area contributed by atoms with Gasteiger partial charge in [0.05, 0.1) is 23.4 Å². The minimum Gasteiger partial charge on any atom is -0.494 e. The van der Waals surface area contributed by atoms with Gasteiger partial charge >= 0.3 is 0 Å². The standard InChI is InChI=1S/C27H29N3O2S/c1-3-5-6-15-32-23-11-7-10-22(17-23)26(31)30(19-21-9-8-14-28-18-21)27-29-24-13-12-20(4-2)16-25(24)33-27/h7-14,16-18H,3-6,15,19H2,1-2H3. The van der Waals surface area contributed by atoms with Crippen molar-refractivity contribution in [3.63, 3.8) is 0 Å². The average Bonchev–Trinajstić information content (AvgIpc) is 3.28. The maximum absolute atomic E-state index is 13.7. The first-order valence-corrected chi connectivity index (χ1v) is 12.3. The van der Waals surface area contributed by atoms with Gasteiger partial charge in [-0.05, 0) is 60.4 Å². The van der Waals surface area contributed by atoms with E-state index >= 15 is 0 Å². The van der Waals surface area contributed by atoms with E-state index in [1.165, 1.54) is 5.56 Å². The molecule has 0 unspecified atom stereocenters. The van der Waals surface area contributed by atoms with Crippen LogP contribution in [0, 0.1) is 0 Å². The van der Waals surface area contributed by atoms with E-state index in [-0.39, 0.29) is 5.91 Å². The maximum atomic E-state index is 13.7. The largest absolute Gasteiger partial charge is 0.494 e. The monoisotopic (exact) mass is 459 g/mol. The number of unbranched alkanes of at least 4 members (excludes halogenated alkanes) is 2. The van der Waals surface area contributed by atoms with Gasteiger partial charge < -0.3 is 4.74 Å². The number of aryl methyl sites for hydroxylation is 1. The van der Waals surface area contributed by atoms with Gasteiger partial charge in [-0.25, -0.2) is 4.98 Å².